The highest BCUT2D eigenvalue weighted by Crippen LogP contribution is 2.24. The smallest absolute Gasteiger partial charge is 0.261 e. The molecule has 1 atom stereocenters. The third kappa shape index (κ3) is 8.44. The predicted molar refractivity (Wildman–Crippen MR) is 149 cm³/mol. The molecule has 1 N–H and O–H groups in total. The minimum Gasteiger partial charge on any atom is -0.484 e. The maximum absolute atomic E-state index is 14.7. The van der Waals surface area contributed by atoms with E-state index in [0.29, 0.717) is 24.3 Å². The quantitative estimate of drug-likeness (QED) is 0.297. The molecule has 3 aromatic rings. The molecule has 38 heavy (non-hydrogen) atoms. The Labute approximate surface area is 226 Å². The highest BCUT2D eigenvalue weighted by Gasteiger charge is 2.31. The second-order valence-corrected chi connectivity index (χ2v) is 10.5. The number of unbranched alkanes of at least 4 members (excludes halogenated alkanes) is 1. The van der Waals surface area contributed by atoms with E-state index in [1.165, 1.54) is 11.0 Å². The average Bonchev–Trinajstić information content (AvgIpc) is 2.90. The standard InChI is InChI=1S/C32H39FN2O3/c1-5-6-20-34-31(37)29(21-24-12-8-7-9-13-24)35(22-25-14-10-11-15-28(25)33)30(36)23-38-27-18-16-26(17-19-27)32(2,3)4/h7-19,29H,5-6,20-23H2,1-4H3,(H,34,37). The van der Waals surface area contributed by atoms with E-state index in [1.807, 2.05) is 61.5 Å². The van der Waals surface area contributed by atoms with Crippen LogP contribution in [-0.4, -0.2) is 35.9 Å². The molecular weight excluding hydrogens is 479 g/mol. The van der Waals surface area contributed by atoms with Gasteiger partial charge in [0.2, 0.25) is 5.91 Å². The number of hydrogen-bond acceptors (Lipinski definition) is 3. The molecular formula is C32H39FN2O3. The normalized spacial score (nSPS) is 12.0. The van der Waals surface area contributed by atoms with E-state index >= 15 is 0 Å². The number of nitrogens with zero attached hydrogens (tertiary/aromatic N) is 1. The molecule has 0 aliphatic carbocycles. The van der Waals surface area contributed by atoms with E-state index in [-0.39, 0.29) is 30.4 Å². The van der Waals surface area contributed by atoms with Gasteiger partial charge in [-0.1, -0.05) is 94.8 Å². The van der Waals surface area contributed by atoms with Gasteiger partial charge in [0.15, 0.2) is 6.61 Å². The Morgan fingerprint density at radius 1 is 0.947 bits per heavy atom. The molecule has 0 aliphatic heterocycles. The van der Waals surface area contributed by atoms with Crippen LogP contribution in [-0.2, 0) is 28.0 Å². The molecule has 0 bridgehead atoms. The fourth-order valence-electron chi connectivity index (χ4n) is 4.15. The zero-order valence-corrected chi connectivity index (χ0v) is 22.9. The molecule has 0 spiro atoms. The second kappa shape index (κ2) is 13.8. The van der Waals surface area contributed by atoms with E-state index in [1.54, 1.807) is 18.2 Å². The predicted octanol–water partition coefficient (Wildman–Crippen LogP) is 6.06. The van der Waals surface area contributed by atoms with Crippen molar-refractivity contribution >= 4 is 11.8 Å². The van der Waals surface area contributed by atoms with Crippen molar-refractivity contribution in [3.8, 4) is 5.75 Å². The van der Waals surface area contributed by atoms with E-state index < -0.39 is 11.9 Å². The Morgan fingerprint density at radius 2 is 1.61 bits per heavy atom. The maximum Gasteiger partial charge on any atom is 0.261 e. The summed E-state index contributed by atoms with van der Waals surface area (Å²) in [5, 5.41) is 2.97. The molecule has 0 radical (unpaired) electrons. The van der Waals surface area contributed by atoms with Crippen LogP contribution in [0.5, 0.6) is 5.75 Å². The lowest BCUT2D eigenvalue weighted by atomic mass is 9.87. The molecule has 3 aromatic carbocycles. The number of rotatable bonds is 12. The van der Waals surface area contributed by atoms with Crippen LogP contribution < -0.4 is 10.1 Å². The maximum atomic E-state index is 14.7. The third-order valence-electron chi connectivity index (χ3n) is 6.48. The Balaban J connectivity index is 1.87. The zero-order valence-electron chi connectivity index (χ0n) is 22.9. The summed E-state index contributed by atoms with van der Waals surface area (Å²) in [5.74, 6) is -0.515. The monoisotopic (exact) mass is 518 g/mol. The molecule has 5 nitrogen and oxygen atoms in total. The second-order valence-electron chi connectivity index (χ2n) is 10.5. The number of carbonyl (C=O) groups excluding carboxylic acids is 2. The molecule has 0 heterocycles. The number of halogens is 1. The van der Waals surface area contributed by atoms with Gasteiger partial charge in [-0.05, 0) is 41.2 Å². The van der Waals surface area contributed by atoms with Gasteiger partial charge < -0.3 is 15.0 Å². The Morgan fingerprint density at radius 3 is 2.24 bits per heavy atom. The van der Waals surface area contributed by atoms with Gasteiger partial charge in [0.05, 0.1) is 0 Å². The van der Waals surface area contributed by atoms with Crippen LogP contribution in [0.3, 0.4) is 0 Å². The van der Waals surface area contributed by atoms with Gasteiger partial charge in [-0.3, -0.25) is 9.59 Å². The van der Waals surface area contributed by atoms with Gasteiger partial charge in [0.25, 0.3) is 5.91 Å². The van der Waals surface area contributed by atoms with Crippen molar-refractivity contribution in [3.05, 3.63) is 101 Å². The van der Waals surface area contributed by atoms with E-state index in [2.05, 4.69) is 26.1 Å². The number of hydrogen-bond donors (Lipinski definition) is 1. The van der Waals surface area contributed by atoms with Crippen LogP contribution >= 0.6 is 0 Å². The summed E-state index contributed by atoms with van der Waals surface area (Å²) in [5.41, 5.74) is 2.41. The summed E-state index contributed by atoms with van der Waals surface area (Å²) >= 11 is 0. The van der Waals surface area contributed by atoms with Gasteiger partial charge in [-0.2, -0.15) is 0 Å². The van der Waals surface area contributed by atoms with Crippen molar-refractivity contribution in [2.45, 2.75) is 65.0 Å². The first-order chi connectivity index (χ1) is 18.2. The zero-order chi connectivity index (χ0) is 27.5. The topological polar surface area (TPSA) is 58.6 Å². The van der Waals surface area contributed by atoms with E-state index in [4.69, 9.17) is 4.74 Å². The van der Waals surface area contributed by atoms with E-state index in [0.717, 1.165) is 24.0 Å². The van der Waals surface area contributed by atoms with Gasteiger partial charge >= 0.3 is 0 Å². The molecule has 1 unspecified atom stereocenters. The summed E-state index contributed by atoms with van der Waals surface area (Å²) in [6.07, 6.45) is 2.07. The largest absolute Gasteiger partial charge is 0.484 e. The molecule has 0 aromatic heterocycles. The van der Waals surface area contributed by atoms with Gasteiger partial charge in [-0.15, -0.1) is 0 Å². The van der Waals surface area contributed by atoms with E-state index in [9.17, 15) is 14.0 Å². The molecule has 0 saturated carbocycles. The fraction of sp³-hybridized carbons (Fsp3) is 0.375. The highest BCUT2D eigenvalue weighted by atomic mass is 19.1. The first-order valence-electron chi connectivity index (χ1n) is 13.3. The lowest BCUT2D eigenvalue weighted by Crippen LogP contribution is -2.52. The SMILES string of the molecule is CCCCNC(=O)C(Cc1ccccc1)N(Cc1ccccc1F)C(=O)COc1ccc(C(C)(C)C)cc1. The van der Waals surface area contributed by atoms with Crippen molar-refractivity contribution in [3.63, 3.8) is 0 Å². The number of ether oxygens (including phenoxy) is 1. The number of nitrogens with one attached hydrogen (secondary N) is 1. The van der Waals surface area contributed by atoms with Crippen LogP contribution in [0.4, 0.5) is 4.39 Å². The molecule has 0 aliphatic rings. The summed E-state index contributed by atoms with van der Waals surface area (Å²) < 4.78 is 20.5. The van der Waals surface area contributed by atoms with Crippen LogP contribution in [0.2, 0.25) is 0 Å². The van der Waals surface area contributed by atoms with Crippen molar-refractivity contribution in [2.75, 3.05) is 13.2 Å². The van der Waals surface area contributed by atoms with Crippen LogP contribution in [0.1, 0.15) is 57.2 Å². The number of benzene rings is 3. The summed E-state index contributed by atoms with van der Waals surface area (Å²) in [4.78, 5) is 28.5. The third-order valence-corrected chi connectivity index (χ3v) is 6.48. The fourth-order valence-corrected chi connectivity index (χ4v) is 4.15. The van der Waals surface area contributed by atoms with Crippen molar-refractivity contribution in [1.82, 2.24) is 10.2 Å². The van der Waals surface area contributed by atoms with Crippen LogP contribution in [0.15, 0.2) is 78.9 Å². The molecule has 0 fully saturated rings. The number of carbonyl (C=O) groups is 2. The molecule has 3 rings (SSSR count). The Kier molecular flexibility index (Phi) is 10.5. The van der Waals surface area contributed by atoms with Crippen LogP contribution in [0, 0.1) is 5.82 Å². The van der Waals surface area contributed by atoms with Crippen molar-refractivity contribution < 1.29 is 18.7 Å². The first kappa shape index (κ1) is 28.9. The molecule has 202 valence electrons. The molecule has 2 amide bonds. The summed E-state index contributed by atoms with van der Waals surface area (Å²) in [6.45, 7) is 8.64. The minimum absolute atomic E-state index is 0.000697. The Hall–Kier alpha value is -3.67. The molecule has 6 heteroatoms. The minimum atomic E-state index is -0.826. The van der Waals surface area contributed by atoms with Gasteiger partial charge in [-0.25, -0.2) is 4.39 Å². The first-order valence-corrected chi connectivity index (χ1v) is 13.3. The van der Waals surface area contributed by atoms with Crippen molar-refractivity contribution in [2.24, 2.45) is 0 Å². The van der Waals surface area contributed by atoms with Gasteiger partial charge in [0.1, 0.15) is 17.6 Å². The Bertz CT molecular complexity index is 1170. The van der Waals surface area contributed by atoms with Gasteiger partial charge in [0, 0.05) is 25.1 Å². The summed E-state index contributed by atoms with van der Waals surface area (Å²) in [6, 6.07) is 22.7. The lowest BCUT2D eigenvalue weighted by Gasteiger charge is -2.31. The lowest BCUT2D eigenvalue weighted by molar-refractivity contribution is -0.142. The highest BCUT2D eigenvalue weighted by molar-refractivity contribution is 5.88. The summed E-state index contributed by atoms with van der Waals surface area (Å²) in [7, 11) is 0. The molecule has 0 saturated heterocycles. The average molecular weight is 519 g/mol. The van der Waals surface area contributed by atoms with Crippen LogP contribution in [0.25, 0.3) is 0 Å². The number of amides is 2. The van der Waals surface area contributed by atoms with Crippen molar-refractivity contribution in [1.29, 1.82) is 0 Å².